The van der Waals surface area contributed by atoms with Gasteiger partial charge < -0.3 is 9.88 Å². The van der Waals surface area contributed by atoms with Gasteiger partial charge in [-0.1, -0.05) is 12.1 Å². The molecule has 2 saturated heterocycles. The Morgan fingerprint density at radius 1 is 1.03 bits per heavy atom. The Kier molecular flexibility index (Phi) is 5.84. The number of piperidine rings is 1. The number of piperazine rings is 1. The zero-order valence-electron chi connectivity index (χ0n) is 17.3. The Labute approximate surface area is 181 Å². The van der Waals surface area contributed by atoms with Crippen molar-refractivity contribution in [3.63, 3.8) is 0 Å². The third kappa shape index (κ3) is 4.43. The molecular formula is C23H29N5OS. The second-order valence-electron chi connectivity index (χ2n) is 8.48. The van der Waals surface area contributed by atoms with Crippen LogP contribution >= 0.6 is 11.3 Å². The number of benzene rings is 1. The van der Waals surface area contributed by atoms with E-state index >= 15 is 0 Å². The molecule has 2 aromatic heterocycles. The first-order valence-corrected chi connectivity index (χ1v) is 11.9. The van der Waals surface area contributed by atoms with Crippen molar-refractivity contribution in [2.24, 2.45) is 0 Å². The minimum atomic E-state index is 0.285. The van der Waals surface area contributed by atoms with Crippen LogP contribution in [0.25, 0.3) is 11.0 Å². The number of amides is 1. The number of hydrogen-bond donors (Lipinski definition) is 1. The van der Waals surface area contributed by atoms with Crippen molar-refractivity contribution >= 4 is 28.3 Å². The van der Waals surface area contributed by atoms with Gasteiger partial charge in [-0.25, -0.2) is 4.98 Å². The van der Waals surface area contributed by atoms with Gasteiger partial charge >= 0.3 is 0 Å². The van der Waals surface area contributed by atoms with E-state index in [2.05, 4.69) is 48.6 Å². The number of para-hydroxylation sites is 2. The number of carbonyl (C=O) groups is 1. The second kappa shape index (κ2) is 8.88. The van der Waals surface area contributed by atoms with Gasteiger partial charge in [0.15, 0.2) is 0 Å². The summed E-state index contributed by atoms with van der Waals surface area (Å²) in [6.45, 7) is 7.11. The van der Waals surface area contributed by atoms with Crippen LogP contribution in [-0.4, -0.2) is 76.4 Å². The average molecular weight is 424 g/mol. The maximum Gasteiger partial charge on any atom is 0.236 e. The number of aromatic amines is 1. The first-order valence-electron chi connectivity index (χ1n) is 10.9. The van der Waals surface area contributed by atoms with E-state index in [4.69, 9.17) is 4.98 Å². The number of nitrogens with one attached hydrogen (secondary N) is 1. The fraction of sp³-hybridized carbons (Fsp3) is 0.478. The molecule has 0 radical (unpaired) electrons. The lowest BCUT2D eigenvalue weighted by molar-refractivity contribution is -0.134. The first-order chi connectivity index (χ1) is 14.7. The molecule has 4 heterocycles. The molecule has 2 fully saturated rings. The number of thiophene rings is 1. The third-order valence-electron chi connectivity index (χ3n) is 6.45. The SMILES string of the molecule is O=C(CN1CCC(c2nc3ccccc3[nH]2)CC1)N1CCN(Cc2ccsc2)CC1. The van der Waals surface area contributed by atoms with Crippen LogP contribution in [0.5, 0.6) is 0 Å². The van der Waals surface area contributed by atoms with Gasteiger partial charge in [-0.2, -0.15) is 11.3 Å². The monoisotopic (exact) mass is 423 g/mol. The second-order valence-corrected chi connectivity index (χ2v) is 9.26. The number of imidazole rings is 1. The highest BCUT2D eigenvalue weighted by molar-refractivity contribution is 7.07. The number of hydrogen-bond acceptors (Lipinski definition) is 5. The summed E-state index contributed by atoms with van der Waals surface area (Å²) < 4.78 is 0. The molecule has 2 aliphatic rings. The number of nitrogens with zero attached hydrogens (tertiary/aromatic N) is 4. The maximum atomic E-state index is 12.8. The van der Waals surface area contributed by atoms with E-state index in [1.54, 1.807) is 11.3 Å². The predicted molar refractivity (Wildman–Crippen MR) is 121 cm³/mol. The molecule has 0 spiro atoms. The topological polar surface area (TPSA) is 55.5 Å². The van der Waals surface area contributed by atoms with Gasteiger partial charge in [-0.3, -0.25) is 14.6 Å². The van der Waals surface area contributed by atoms with Gasteiger partial charge in [0.25, 0.3) is 0 Å². The minimum absolute atomic E-state index is 0.285. The standard InChI is InChI=1S/C23H29N5OS/c29-22(28-12-10-27(11-13-28)15-18-7-14-30-17-18)16-26-8-5-19(6-9-26)23-24-20-3-1-2-4-21(20)25-23/h1-4,7,14,17,19H,5-6,8-13,15-16H2,(H,24,25). The van der Waals surface area contributed by atoms with Gasteiger partial charge in [-0.15, -0.1) is 0 Å². The Morgan fingerprint density at radius 2 is 1.83 bits per heavy atom. The summed E-state index contributed by atoms with van der Waals surface area (Å²) in [6, 6.07) is 10.4. The lowest BCUT2D eigenvalue weighted by atomic mass is 9.96. The van der Waals surface area contributed by atoms with E-state index < -0.39 is 0 Å². The van der Waals surface area contributed by atoms with Gasteiger partial charge in [0.1, 0.15) is 5.82 Å². The van der Waals surface area contributed by atoms with Crippen molar-refractivity contribution < 1.29 is 4.79 Å². The van der Waals surface area contributed by atoms with Crippen LogP contribution in [0.3, 0.4) is 0 Å². The molecule has 7 heteroatoms. The molecule has 1 aromatic carbocycles. The Balaban J connectivity index is 1.08. The molecule has 158 valence electrons. The Morgan fingerprint density at radius 3 is 2.57 bits per heavy atom. The van der Waals surface area contributed by atoms with Crippen molar-refractivity contribution in [1.29, 1.82) is 0 Å². The molecule has 0 saturated carbocycles. The van der Waals surface area contributed by atoms with Gasteiger partial charge in [0.2, 0.25) is 5.91 Å². The quantitative estimate of drug-likeness (QED) is 0.685. The van der Waals surface area contributed by atoms with Gasteiger partial charge in [0.05, 0.1) is 17.6 Å². The Bertz CT molecular complexity index is 936. The number of H-pyrrole nitrogens is 1. The molecule has 6 nitrogen and oxygen atoms in total. The van der Waals surface area contributed by atoms with E-state index in [9.17, 15) is 4.79 Å². The molecular weight excluding hydrogens is 394 g/mol. The molecule has 1 amide bonds. The summed E-state index contributed by atoms with van der Waals surface area (Å²) in [4.78, 5) is 27.9. The molecule has 3 aromatic rings. The molecule has 0 atom stereocenters. The van der Waals surface area contributed by atoms with E-state index in [0.717, 1.165) is 75.5 Å². The van der Waals surface area contributed by atoms with Gasteiger partial charge in [0, 0.05) is 38.6 Å². The van der Waals surface area contributed by atoms with E-state index in [1.807, 2.05) is 12.1 Å². The molecule has 1 N–H and O–H groups in total. The van der Waals surface area contributed by atoms with Crippen molar-refractivity contribution in [3.05, 3.63) is 52.5 Å². The lowest BCUT2D eigenvalue weighted by Crippen LogP contribution is -2.51. The van der Waals surface area contributed by atoms with Crippen LogP contribution in [-0.2, 0) is 11.3 Å². The summed E-state index contributed by atoms with van der Waals surface area (Å²) in [5.74, 6) is 1.85. The van der Waals surface area contributed by atoms with Crippen molar-refractivity contribution in [2.75, 3.05) is 45.8 Å². The fourth-order valence-electron chi connectivity index (χ4n) is 4.62. The maximum absolute atomic E-state index is 12.8. The number of rotatable bonds is 5. The first kappa shape index (κ1) is 19.7. The van der Waals surface area contributed by atoms with Crippen molar-refractivity contribution in [2.45, 2.75) is 25.3 Å². The average Bonchev–Trinajstić information content (AvgIpc) is 3.44. The zero-order valence-corrected chi connectivity index (χ0v) is 18.1. The summed E-state index contributed by atoms with van der Waals surface area (Å²) in [6.07, 6.45) is 2.11. The summed E-state index contributed by atoms with van der Waals surface area (Å²) in [7, 11) is 0. The van der Waals surface area contributed by atoms with E-state index in [0.29, 0.717) is 12.5 Å². The molecule has 2 aliphatic heterocycles. The van der Waals surface area contributed by atoms with E-state index in [-0.39, 0.29) is 5.91 Å². The number of carbonyl (C=O) groups excluding carboxylic acids is 1. The van der Waals surface area contributed by atoms with Crippen LogP contribution in [0.2, 0.25) is 0 Å². The Hall–Kier alpha value is -2.22. The fourth-order valence-corrected chi connectivity index (χ4v) is 5.28. The molecule has 0 bridgehead atoms. The highest BCUT2D eigenvalue weighted by Crippen LogP contribution is 2.27. The smallest absolute Gasteiger partial charge is 0.236 e. The van der Waals surface area contributed by atoms with Crippen LogP contribution in [0, 0.1) is 0 Å². The largest absolute Gasteiger partial charge is 0.342 e. The van der Waals surface area contributed by atoms with Crippen LogP contribution in [0.4, 0.5) is 0 Å². The van der Waals surface area contributed by atoms with Gasteiger partial charge in [-0.05, 0) is 60.5 Å². The van der Waals surface area contributed by atoms with Crippen molar-refractivity contribution in [3.8, 4) is 0 Å². The molecule has 0 unspecified atom stereocenters. The van der Waals surface area contributed by atoms with Crippen molar-refractivity contribution in [1.82, 2.24) is 24.7 Å². The number of aromatic nitrogens is 2. The lowest BCUT2D eigenvalue weighted by Gasteiger charge is -2.37. The highest BCUT2D eigenvalue weighted by Gasteiger charge is 2.27. The predicted octanol–water partition coefficient (Wildman–Crippen LogP) is 3.15. The third-order valence-corrected chi connectivity index (χ3v) is 7.18. The van der Waals surface area contributed by atoms with Crippen LogP contribution < -0.4 is 0 Å². The van der Waals surface area contributed by atoms with E-state index in [1.165, 1.54) is 5.56 Å². The zero-order chi connectivity index (χ0) is 20.3. The van der Waals surface area contributed by atoms with Crippen LogP contribution in [0.15, 0.2) is 41.1 Å². The highest BCUT2D eigenvalue weighted by atomic mass is 32.1. The minimum Gasteiger partial charge on any atom is -0.342 e. The summed E-state index contributed by atoms with van der Waals surface area (Å²) >= 11 is 1.75. The van der Waals surface area contributed by atoms with Crippen LogP contribution in [0.1, 0.15) is 30.1 Å². The number of fused-ring (bicyclic) bond motifs is 1. The molecule has 5 rings (SSSR count). The molecule has 0 aliphatic carbocycles. The summed E-state index contributed by atoms with van der Waals surface area (Å²) in [5, 5.41) is 4.35. The summed E-state index contributed by atoms with van der Waals surface area (Å²) in [5.41, 5.74) is 3.54. The normalized spacial score (nSPS) is 19.5. The number of likely N-dealkylation sites (tertiary alicyclic amines) is 1. The molecule has 30 heavy (non-hydrogen) atoms.